The van der Waals surface area contributed by atoms with Crippen LogP contribution in [0.4, 0.5) is 0 Å². The molecule has 0 fully saturated rings. The lowest BCUT2D eigenvalue weighted by Gasteiger charge is -2.30. The van der Waals surface area contributed by atoms with Gasteiger partial charge in [0.2, 0.25) is 0 Å². The first-order chi connectivity index (χ1) is 10.1. The van der Waals surface area contributed by atoms with Crippen molar-refractivity contribution in [2.45, 2.75) is 12.5 Å². The molecule has 0 aliphatic rings. The summed E-state index contributed by atoms with van der Waals surface area (Å²) in [4.78, 5) is 12.5. The van der Waals surface area contributed by atoms with Crippen molar-refractivity contribution in [1.29, 1.82) is 0 Å². The molecule has 21 heavy (non-hydrogen) atoms. The van der Waals surface area contributed by atoms with Crippen molar-refractivity contribution in [3.05, 3.63) is 65.7 Å². The molecular formula is C17H20N2O2. The summed E-state index contributed by atoms with van der Waals surface area (Å²) in [7, 11) is 1.55. The van der Waals surface area contributed by atoms with E-state index in [1.54, 1.807) is 25.3 Å². The molecule has 4 heteroatoms. The molecule has 0 aromatic heterocycles. The molecule has 110 valence electrons. The average molecular weight is 284 g/mol. The molecule has 3 N–H and O–H groups in total. The number of hydrogen-bond acceptors (Lipinski definition) is 3. The molecule has 1 unspecified atom stereocenters. The van der Waals surface area contributed by atoms with Crippen LogP contribution in [0.25, 0.3) is 0 Å². The van der Waals surface area contributed by atoms with Gasteiger partial charge in [-0.05, 0) is 24.6 Å². The molecule has 0 spiro atoms. The Balaban J connectivity index is 2.28. The minimum absolute atomic E-state index is 0.204. The number of nitrogens with one attached hydrogen (secondary N) is 1. The maximum absolute atomic E-state index is 12.5. The largest absolute Gasteiger partial charge is 0.496 e. The fourth-order valence-electron chi connectivity index (χ4n) is 2.20. The summed E-state index contributed by atoms with van der Waals surface area (Å²) in [5.74, 6) is 0.340. The fourth-order valence-corrected chi connectivity index (χ4v) is 2.20. The lowest BCUT2D eigenvalue weighted by Crippen LogP contribution is -2.48. The van der Waals surface area contributed by atoms with Gasteiger partial charge >= 0.3 is 0 Å². The van der Waals surface area contributed by atoms with Crippen LogP contribution in [-0.4, -0.2) is 19.6 Å². The highest BCUT2D eigenvalue weighted by Crippen LogP contribution is 2.22. The van der Waals surface area contributed by atoms with E-state index in [0.29, 0.717) is 17.9 Å². The van der Waals surface area contributed by atoms with Crippen molar-refractivity contribution in [3.63, 3.8) is 0 Å². The number of amides is 1. The zero-order chi connectivity index (χ0) is 15.3. The van der Waals surface area contributed by atoms with E-state index in [0.717, 1.165) is 5.56 Å². The molecule has 1 amide bonds. The normalized spacial score (nSPS) is 13.3. The minimum atomic E-state index is -0.626. The number of para-hydroxylation sites is 1. The van der Waals surface area contributed by atoms with Crippen LogP contribution in [0.1, 0.15) is 22.8 Å². The van der Waals surface area contributed by atoms with Crippen molar-refractivity contribution in [2.75, 3.05) is 13.7 Å². The number of methoxy groups -OCH3 is 1. The SMILES string of the molecule is COc1ccccc1C(=O)NC(C)(CN)c1ccccc1. The van der Waals surface area contributed by atoms with Gasteiger partial charge in [-0.25, -0.2) is 0 Å². The van der Waals surface area contributed by atoms with E-state index < -0.39 is 5.54 Å². The van der Waals surface area contributed by atoms with E-state index in [9.17, 15) is 4.79 Å². The van der Waals surface area contributed by atoms with Crippen LogP contribution in [-0.2, 0) is 5.54 Å². The second-order valence-electron chi connectivity index (χ2n) is 5.06. The first kappa shape index (κ1) is 15.1. The Hall–Kier alpha value is -2.33. The molecule has 1 atom stereocenters. The molecule has 0 radical (unpaired) electrons. The van der Waals surface area contributed by atoms with Crippen molar-refractivity contribution >= 4 is 5.91 Å². The molecule has 0 aliphatic carbocycles. The number of ether oxygens (including phenoxy) is 1. The van der Waals surface area contributed by atoms with Gasteiger partial charge in [0.15, 0.2) is 0 Å². The van der Waals surface area contributed by atoms with Crippen LogP contribution in [0.5, 0.6) is 5.75 Å². The zero-order valence-corrected chi connectivity index (χ0v) is 12.3. The zero-order valence-electron chi connectivity index (χ0n) is 12.3. The van der Waals surface area contributed by atoms with Gasteiger partial charge in [0.05, 0.1) is 18.2 Å². The number of benzene rings is 2. The Bertz CT molecular complexity index is 613. The van der Waals surface area contributed by atoms with Crippen LogP contribution < -0.4 is 15.8 Å². The fraction of sp³-hybridized carbons (Fsp3) is 0.235. The smallest absolute Gasteiger partial charge is 0.255 e. The summed E-state index contributed by atoms with van der Waals surface area (Å²) < 4.78 is 5.23. The molecule has 2 rings (SSSR count). The minimum Gasteiger partial charge on any atom is -0.496 e. The van der Waals surface area contributed by atoms with Crippen LogP contribution >= 0.6 is 0 Å². The maximum Gasteiger partial charge on any atom is 0.255 e. The summed E-state index contributed by atoms with van der Waals surface area (Å²) in [6.45, 7) is 2.22. The number of hydrogen-bond donors (Lipinski definition) is 2. The first-order valence-electron chi connectivity index (χ1n) is 6.82. The van der Waals surface area contributed by atoms with Crippen LogP contribution in [0.2, 0.25) is 0 Å². The Kier molecular flexibility index (Phi) is 4.60. The Labute approximate surface area is 124 Å². The van der Waals surface area contributed by atoms with Gasteiger partial charge in [-0.2, -0.15) is 0 Å². The van der Waals surface area contributed by atoms with E-state index in [-0.39, 0.29) is 5.91 Å². The van der Waals surface area contributed by atoms with Gasteiger partial charge < -0.3 is 15.8 Å². The van der Waals surface area contributed by atoms with Gasteiger partial charge in [0.25, 0.3) is 5.91 Å². The van der Waals surface area contributed by atoms with Crippen molar-refractivity contribution in [1.82, 2.24) is 5.32 Å². The maximum atomic E-state index is 12.5. The summed E-state index contributed by atoms with van der Waals surface area (Å²) in [6.07, 6.45) is 0. The van der Waals surface area contributed by atoms with Gasteiger partial charge in [-0.3, -0.25) is 4.79 Å². The molecule has 4 nitrogen and oxygen atoms in total. The predicted molar refractivity (Wildman–Crippen MR) is 83.3 cm³/mol. The Morgan fingerprint density at radius 3 is 2.38 bits per heavy atom. The number of carbonyl (C=O) groups excluding carboxylic acids is 1. The molecule has 0 aliphatic heterocycles. The summed E-state index contributed by atoms with van der Waals surface area (Å²) in [5.41, 5.74) is 6.73. The van der Waals surface area contributed by atoms with Crippen LogP contribution in [0.15, 0.2) is 54.6 Å². The molecule has 0 saturated carbocycles. The number of carbonyl (C=O) groups is 1. The monoisotopic (exact) mass is 284 g/mol. The molecule has 2 aromatic rings. The average Bonchev–Trinajstić information content (AvgIpc) is 2.55. The molecule has 0 heterocycles. The third kappa shape index (κ3) is 3.23. The van der Waals surface area contributed by atoms with Crippen molar-refractivity contribution in [2.24, 2.45) is 5.73 Å². The molecule has 0 saturated heterocycles. The van der Waals surface area contributed by atoms with Crippen LogP contribution in [0, 0.1) is 0 Å². The first-order valence-corrected chi connectivity index (χ1v) is 6.82. The Morgan fingerprint density at radius 1 is 1.14 bits per heavy atom. The molecule has 2 aromatic carbocycles. The lowest BCUT2D eigenvalue weighted by atomic mass is 9.91. The molecular weight excluding hydrogens is 264 g/mol. The summed E-state index contributed by atoms with van der Waals surface area (Å²) in [6, 6.07) is 16.8. The van der Waals surface area contributed by atoms with Crippen molar-refractivity contribution in [3.8, 4) is 5.75 Å². The van der Waals surface area contributed by atoms with Gasteiger partial charge in [0, 0.05) is 6.54 Å². The highest BCUT2D eigenvalue weighted by Gasteiger charge is 2.28. The van der Waals surface area contributed by atoms with E-state index in [4.69, 9.17) is 10.5 Å². The summed E-state index contributed by atoms with van der Waals surface area (Å²) >= 11 is 0. The number of nitrogens with two attached hydrogens (primary N) is 1. The highest BCUT2D eigenvalue weighted by atomic mass is 16.5. The second-order valence-corrected chi connectivity index (χ2v) is 5.06. The Morgan fingerprint density at radius 2 is 1.76 bits per heavy atom. The third-order valence-electron chi connectivity index (χ3n) is 3.56. The standard InChI is InChI=1S/C17H20N2O2/c1-17(12-18,13-8-4-3-5-9-13)19-16(20)14-10-6-7-11-15(14)21-2/h3-11H,12,18H2,1-2H3,(H,19,20). The predicted octanol–water partition coefficient (Wildman–Crippen LogP) is 2.30. The third-order valence-corrected chi connectivity index (χ3v) is 3.56. The highest BCUT2D eigenvalue weighted by molar-refractivity contribution is 5.97. The topological polar surface area (TPSA) is 64.3 Å². The van der Waals surface area contributed by atoms with E-state index in [1.165, 1.54) is 0 Å². The summed E-state index contributed by atoms with van der Waals surface area (Å²) in [5, 5.41) is 3.01. The number of rotatable bonds is 5. The van der Waals surface area contributed by atoms with E-state index in [1.807, 2.05) is 43.3 Å². The van der Waals surface area contributed by atoms with E-state index >= 15 is 0 Å². The second kappa shape index (κ2) is 6.41. The van der Waals surface area contributed by atoms with Crippen LogP contribution in [0.3, 0.4) is 0 Å². The lowest BCUT2D eigenvalue weighted by molar-refractivity contribution is 0.0904. The van der Waals surface area contributed by atoms with Gasteiger partial charge in [0.1, 0.15) is 5.75 Å². The van der Waals surface area contributed by atoms with E-state index in [2.05, 4.69) is 5.32 Å². The molecule has 0 bridgehead atoms. The van der Waals surface area contributed by atoms with Gasteiger partial charge in [-0.1, -0.05) is 42.5 Å². The van der Waals surface area contributed by atoms with Gasteiger partial charge in [-0.15, -0.1) is 0 Å². The van der Waals surface area contributed by atoms with Crippen molar-refractivity contribution < 1.29 is 9.53 Å². The quantitative estimate of drug-likeness (QED) is 0.885.